The molecule has 2 rings (SSSR count). The molecular formula is C12H21NO10. The predicted octanol–water partition coefficient (Wildman–Crippen LogP) is -4.25. The van der Waals surface area contributed by atoms with E-state index in [1.165, 1.54) is 0 Å². The molecule has 0 amide bonds. The summed E-state index contributed by atoms with van der Waals surface area (Å²) in [5.41, 5.74) is -0.149. The number of rotatable bonds is 4. The quantitative estimate of drug-likeness (QED) is 0.196. The minimum Gasteiger partial charge on any atom is -0.411 e. The van der Waals surface area contributed by atoms with Crippen LogP contribution in [-0.4, -0.2) is 110 Å². The molecule has 11 heteroatoms. The van der Waals surface area contributed by atoms with Gasteiger partial charge in [0.15, 0.2) is 6.29 Å². The number of ether oxygens (including phenoxy) is 3. The van der Waals surface area contributed by atoms with Crippen LogP contribution in [0.1, 0.15) is 0 Å². The fraction of sp³-hybridized carbons (Fsp3) is 0.917. The second-order valence-corrected chi connectivity index (χ2v) is 5.37. The molecule has 0 aromatic carbocycles. The zero-order valence-corrected chi connectivity index (χ0v) is 12.0. The minimum atomic E-state index is -1.67. The molecule has 23 heavy (non-hydrogen) atoms. The fourth-order valence-corrected chi connectivity index (χ4v) is 2.51. The van der Waals surface area contributed by atoms with Crippen molar-refractivity contribution >= 4 is 5.71 Å². The first-order chi connectivity index (χ1) is 10.9. The van der Waals surface area contributed by atoms with Gasteiger partial charge in [-0.2, -0.15) is 0 Å². The van der Waals surface area contributed by atoms with Gasteiger partial charge in [-0.1, -0.05) is 5.16 Å². The van der Waals surface area contributed by atoms with Crippen LogP contribution in [0.3, 0.4) is 0 Å². The third kappa shape index (κ3) is 3.63. The highest BCUT2D eigenvalue weighted by Crippen LogP contribution is 2.26. The lowest BCUT2D eigenvalue weighted by molar-refractivity contribution is -0.325. The van der Waals surface area contributed by atoms with Crippen LogP contribution in [0.2, 0.25) is 0 Å². The average Bonchev–Trinajstić information content (AvgIpc) is 2.56. The summed E-state index contributed by atoms with van der Waals surface area (Å²) in [6.07, 6.45) is -11.3. The average molecular weight is 339 g/mol. The SMILES string of the molecule is OC[C@H]1O[C@@H](O[C@H]2[C@H](O)/C(=N/O)CO[C@@H]2CO)[C@H](O)[C@@H](O)[C@H]1O. The van der Waals surface area contributed by atoms with Gasteiger partial charge in [0, 0.05) is 0 Å². The van der Waals surface area contributed by atoms with Gasteiger partial charge in [0.25, 0.3) is 0 Å². The molecule has 2 heterocycles. The maximum absolute atomic E-state index is 10.1. The van der Waals surface area contributed by atoms with Crippen molar-refractivity contribution in [1.82, 2.24) is 0 Å². The van der Waals surface area contributed by atoms with Crippen LogP contribution in [-0.2, 0) is 14.2 Å². The first-order valence-electron chi connectivity index (χ1n) is 7.01. The molecule has 8 atom stereocenters. The Kier molecular flexibility index (Phi) is 6.25. The van der Waals surface area contributed by atoms with Gasteiger partial charge >= 0.3 is 0 Å². The highest BCUT2D eigenvalue weighted by molar-refractivity contribution is 5.90. The van der Waals surface area contributed by atoms with E-state index in [9.17, 15) is 25.5 Å². The lowest BCUT2D eigenvalue weighted by atomic mass is 9.98. The van der Waals surface area contributed by atoms with Gasteiger partial charge in [-0.05, 0) is 0 Å². The Morgan fingerprint density at radius 3 is 2.22 bits per heavy atom. The molecule has 0 spiro atoms. The monoisotopic (exact) mass is 339 g/mol. The highest BCUT2D eigenvalue weighted by atomic mass is 16.7. The third-order valence-electron chi connectivity index (χ3n) is 3.91. The van der Waals surface area contributed by atoms with Gasteiger partial charge < -0.3 is 50.1 Å². The molecule has 2 fully saturated rings. The molecule has 0 unspecified atom stereocenters. The van der Waals surface area contributed by atoms with Gasteiger partial charge in [0.1, 0.15) is 48.4 Å². The van der Waals surface area contributed by atoms with Crippen molar-refractivity contribution in [2.75, 3.05) is 19.8 Å². The summed E-state index contributed by atoms with van der Waals surface area (Å²) in [7, 11) is 0. The van der Waals surface area contributed by atoms with Crippen molar-refractivity contribution in [3.8, 4) is 0 Å². The molecule has 0 aromatic rings. The smallest absolute Gasteiger partial charge is 0.187 e. The number of aliphatic hydroxyl groups excluding tert-OH is 6. The number of hydrogen-bond donors (Lipinski definition) is 7. The molecule has 0 saturated carbocycles. The summed E-state index contributed by atoms with van der Waals surface area (Å²) < 4.78 is 15.7. The van der Waals surface area contributed by atoms with Crippen LogP contribution in [0.15, 0.2) is 5.16 Å². The summed E-state index contributed by atoms with van der Waals surface area (Å²) in [6, 6.07) is 0. The largest absolute Gasteiger partial charge is 0.411 e. The van der Waals surface area contributed by atoms with Crippen LogP contribution < -0.4 is 0 Å². The molecule has 11 nitrogen and oxygen atoms in total. The van der Waals surface area contributed by atoms with Gasteiger partial charge in [0.2, 0.25) is 0 Å². The molecule has 0 bridgehead atoms. The molecule has 0 aromatic heterocycles. The minimum absolute atomic E-state index is 0.149. The lowest BCUT2D eigenvalue weighted by Gasteiger charge is -2.43. The Morgan fingerprint density at radius 1 is 1.00 bits per heavy atom. The van der Waals surface area contributed by atoms with Crippen molar-refractivity contribution in [2.45, 2.75) is 49.0 Å². The van der Waals surface area contributed by atoms with Crippen molar-refractivity contribution in [3.05, 3.63) is 0 Å². The van der Waals surface area contributed by atoms with E-state index in [1.54, 1.807) is 0 Å². The predicted molar refractivity (Wildman–Crippen MR) is 70.7 cm³/mol. The zero-order chi connectivity index (χ0) is 17.1. The van der Waals surface area contributed by atoms with E-state index in [0.717, 1.165) is 0 Å². The van der Waals surface area contributed by atoms with E-state index < -0.39 is 62.2 Å². The van der Waals surface area contributed by atoms with E-state index in [4.69, 9.17) is 24.5 Å². The van der Waals surface area contributed by atoms with E-state index in [1.807, 2.05) is 0 Å². The van der Waals surface area contributed by atoms with Crippen LogP contribution in [0, 0.1) is 0 Å². The summed E-state index contributed by atoms with van der Waals surface area (Å²) in [6.45, 7) is -1.39. The summed E-state index contributed by atoms with van der Waals surface area (Å²) >= 11 is 0. The lowest BCUT2D eigenvalue weighted by Crippen LogP contribution is -2.62. The van der Waals surface area contributed by atoms with Crippen molar-refractivity contribution in [3.63, 3.8) is 0 Å². The van der Waals surface area contributed by atoms with Crippen LogP contribution in [0.4, 0.5) is 0 Å². The summed E-state index contributed by atoms with van der Waals surface area (Å²) in [5, 5.41) is 69.5. The molecule has 2 aliphatic heterocycles. The van der Waals surface area contributed by atoms with Crippen LogP contribution in [0.25, 0.3) is 0 Å². The number of aliphatic hydroxyl groups is 6. The topological polar surface area (TPSA) is 182 Å². The number of nitrogens with zero attached hydrogens (tertiary/aromatic N) is 1. The van der Waals surface area contributed by atoms with Crippen molar-refractivity contribution in [2.24, 2.45) is 5.16 Å². The Hall–Kier alpha value is -0.890. The second-order valence-electron chi connectivity index (χ2n) is 5.37. The molecule has 2 saturated heterocycles. The highest BCUT2D eigenvalue weighted by Gasteiger charge is 2.48. The van der Waals surface area contributed by atoms with Crippen LogP contribution in [0.5, 0.6) is 0 Å². The van der Waals surface area contributed by atoms with Crippen molar-refractivity contribution < 1.29 is 50.1 Å². The molecular weight excluding hydrogens is 318 g/mol. The standard InChI is InChI=1S/C12H21NO10/c14-1-5-8(17)9(18)10(19)12(22-5)23-11-6(2-15)21-3-4(13-20)7(11)16/h5-12,14-20H,1-3H2/b13-4+/t5-,6-,7-,8+,9+,10-,11-,12+/m1/s1. The Labute approximate surface area is 130 Å². The number of oxime groups is 1. The van der Waals surface area contributed by atoms with Crippen LogP contribution >= 0.6 is 0 Å². The van der Waals surface area contributed by atoms with Crippen molar-refractivity contribution in [1.29, 1.82) is 0 Å². The maximum atomic E-state index is 10.1. The van der Waals surface area contributed by atoms with Gasteiger partial charge in [-0.15, -0.1) is 0 Å². The normalized spacial score (nSPS) is 47.0. The number of hydrogen-bond acceptors (Lipinski definition) is 11. The van der Waals surface area contributed by atoms with E-state index in [2.05, 4.69) is 5.16 Å². The summed E-state index contributed by atoms with van der Waals surface area (Å²) in [4.78, 5) is 0. The zero-order valence-electron chi connectivity index (χ0n) is 12.0. The summed E-state index contributed by atoms with van der Waals surface area (Å²) in [5.74, 6) is 0. The first-order valence-corrected chi connectivity index (χ1v) is 7.01. The maximum Gasteiger partial charge on any atom is 0.187 e. The van der Waals surface area contributed by atoms with E-state index in [-0.39, 0.29) is 12.3 Å². The molecule has 134 valence electrons. The van der Waals surface area contributed by atoms with Gasteiger partial charge in [-0.25, -0.2) is 0 Å². The Bertz CT molecular complexity index is 419. The van der Waals surface area contributed by atoms with Gasteiger partial charge in [-0.3, -0.25) is 0 Å². The molecule has 0 aliphatic carbocycles. The first kappa shape index (κ1) is 18.4. The van der Waals surface area contributed by atoms with E-state index in [0.29, 0.717) is 0 Å². The molecule has 0 radical (unpaired) electrons. The van der Waals surface area contributed by atoms with Gasteiger partial charge in [0.05, 0.1) is 19.8 Å². The third-order valence-corrected chi connectivity index (χ3v) is 3.91. The Balaban J connectivity index is 2.14. The Morgan fingerprint density at radius 2 is 1.65 bits per heavy atom. The van der Waals surface area contributed by atoms with E-state index >= 15 is 0 Å². The second kappa shape index (κ2) is 7.79. The molecule has 7 N–H and O–H groups in total. The molecule has 2 aliphatic rings. The fourth-order valence-electron chi connectivity index (χ4n) is 2.51.